The lowest BCUT2D eigenvalue weighted by Crippen LogP contribution is -2.14. The van der Waals surface area contributed by atoms with Gasteiger partial charge in [-0.15, -0.1) is 10.2 Å². The van der Waals surface area contributed by atoms with Crippen molar-refractivity contribution in [2.24, 2.45) is 0 Å². The van der Waals surface area contributed by atoms with E-state index in [1.165, 1.54) is 23.2 Å². The number of nitrogens with zero attached hydrogens (tertiary/aromatic N) is 6. The number of aryl methyl sites for hydroxylation is 2. The van der Waals surface area contributed by atoms with Crippen LogP contribution in [0.1, 0.15) is 41.1 Å². The number of fused-ring (bicyclic) bond motifs is 1. The van der Waals surface area contributed by atoms with Gasteiger partial charge >= 0.3 is 0 Å². The highest BCUT2D eigenvalue weighted by Crippen LogP contribution is 2.27. The molecular weight excluding hydrogens is 434 g/mol. The fourth-order valence-electron chi connectivity index (χ4n) is 4.10. The molecule has 10 nitrogen and oxygen atoms in total. The first-order valence-corrected chi connectivity index (χ1v) is 11.1. The SMILES string of the molecule is Cc1ccc(-c2nnc3n2CCCCC3)cc1NC(=O)c1ccn(-c2ccc([N+](=O)[O-])cc2)n1. The summed E-state index contributed by atoms with van der Waals surface area (Å²) in [5, 5.41) is 26.9. The maximum absolute atomic E-state index is 12.9. The molecule has 0 saturated carbocycles. The first-order chi connectivity index (χ1) is 16.5. The van der Waals surface area contributed by atoms with Crippen molar-refractivity contribution in [3.05, 3.63) is 81.9 Å². The molecule has 34 heavy (non-hydrogen) atoms. The number of nitrogens with one attached hydrogen (secondary N) is 1. The topological polar surface area (TPSA) is 121 Å². The number of anilines is 1. The highest BCUT2D eigenvalue weighted by atomic mass is 16.6. The zero-order valence-corrected chi connectivity index (χ0v) is 18.6. The monoisotopic (exact) mass is 457 g/mol. The van der Waals surface area contributed by atoms with Gasteiger partial charge in [-0.3, -0.25) is 14.9 Å². The minimum Gasteiger partial charge on any atom is -0.320 e. The lowest BCUT2D eigenvalue weighted by molar-refractivity contribution is -0.384. The quantitative estimate of drug-likeness (QED) is 0.352. The molecule has 0 saturated heterocycles. The summed E-state index contributed by atoms with van der Waals surface area (Å²) >= 11 is 0. The van der Waals surface area contributed by atoms with Gasteiger partial charge in [-0.25, -0.2) is 4.68 Å². The maximum Gasteiger partial charge on any atom is 0.276 e. The van der Waals surface area contributed by atoms with Crippen molar-refractivity contribution >= 4 is 17.3 Å². The third-order valence-electron chi connectivity index (χ3n) is 6.00. The van der Waals surface area contributed by atoms with Crippen LogP contribution < -0.4 is 5.32 Å². The molecule has 0 atom stereocenters. The summed E-state index contributed by atoms with van der Waals surface area (Å²) in [4.78, 5) is 23.3. The van der Waals surface area contributed by atoms with Crippen molar-refractivity contribution in [1.82, 2.24) is 24.5 Å². The van der Waals surface area contributed by atoms with Crippen LogP contribution in [0.25, 0.3) is 17.1 Å². The molecule has 0 unspecified atom stereocenters. The normalized spacial score (nSPS) is 13.2. The number of benzene rings is 2. The molecule has 0 spiro atoms. The van der Waals surface area contributed by atoms with Crippen LogP contribution in [0, 0.1) is 17.0 Å². The summed E-state index contributed by atoms with van der Waals surface area (Å²) in [6.45, 7) is 2.83. The van der Waals surface area contributed by atoms with Gasteiger partial charge in [0.2, 0.25) is 0 Å². The number of nitro groups is 1. The van der Waals surface area contributed by atoms with Gasteiger partial charge in [0.05, 0.1) is 10.6 Å². The summed E-state index contributed by atoms with van der Waals surface area (Å²) in [5.41, 5.74) is 3.35. The van der Waals surface area contributed by atoms with Gasteiger partial charge in [-0.2, -0.15) is 5.10 Å². The molecule has 1 amide bonds. The molecule has 0 bridgehead atoms. The Bertz CT molecular complexity index is 1370. The van der Waals surface area contributed by atoms with Crippen molar-refractivity contribution in [3.63, 3.8) is 0 Å². The first kappa shape index (κ1) is 21.5. The number of hydrogen-bond acceptors (Lipinski definition) is 6. The Balaban J connectivity index is 1.37. The molecule has 5 rings (SSSR count). The summed E-state index contributed by atoms with van der Waals surface area (Å²) in [6, 6.07) is 13.4. The molecule has 3 heterocycles. The third-order valence-corrected chi connectivity index (χ3v) is 6.00. The Labute approximate surface area is 195 Å². The second kappa shape index (κ2) is 8.89. The number of hydrogen-bond donors (Lipinski definition) is 1. The van der Waals surface area contributed by atoms with E-state index in [2.05, 4.69) is 25.2 Å². The van der Waals surface area contributed by atoms with Crippen LogP contribution >= 0.6 is 0 Å². The molecule has 1 aliphatic rings. The van der Waals surface area contributed by atoms with Crippen molar-refractivity contribution in [3.8, 4) is 17.1 Å². The maximum atomic E-state index is 12.9. The Hall–Kier alpha value is -4.34. The second-order valence-corrected chi connectivity index (χ2v) is 8.31. The van der Waals surface area contributed by atoms with Gasteiger partial charge in [0.25, 0.3) is 11.6 Å². The summed E-state index contributed by atoms with van der Waals surface area (Å²) in [5.74, 6) is 1.48. The predicted molar refractivity (Wildman–Crippen MR) is 126 cm³/mol. The number of non-ortho nitro benzene ring substituents is 1. The summed E-state index contributed by atoms with van der Waals surface area (Å²) in [7, 11) is 0. The highest BCUT2D eigenvalue weighted by molar-refractivity contribution is 6.03. The number of aromatic nitrogens is 5. The molecule has 1 aliphatic heterocycles. The van der Waals surface area contributed by atoms with Gasteiger partial charge in [0, 0.05) is 42.5 Å². The van der Waals surface area contributed by atoms with Crippen LogP contribution in [-0.4, -0.2) is 35.4 Å². The zero-order valence-electron chi connectivity index (χ0n) is 18.6. The molecular formula is C24H23N7O3. The lowest BCUT2D eigenvalue weighted by atomic mass is 10.1. The average molecular weight is 457 g/mol. The minimum absolute atomic E-state index is 0.00575. The average Bonchev–Trinajstić information content (AvgIpc) is 3.43. The molecule has 2 aromatic heterocycles. The fraction of sp³-hybridized carbons (Fsp3) is 0.250. The molecule has 0 fully saturated rings. The molecule has 0 radical (unpaired) electrons. The number of amides is 1. The summed E-state index contributed by atoms with van der Waals surface area (Å²) < 4.78 is 3.68. The van der Waals surface area contributed by atoms with Crippen LogP contribution in [-0.2, 0) is 13.0 Å². The van der Waals surface area contributed by atoms with Gasteiger partial charge in [0.15, 0.2) is 11.5 Å². The third kappa shape index (κ3) is 4.17. The van der Waals surface area contributed by atoms with Crippen LogP contribution in [0.4, 0.5) is 11.4 Å². The molecule has 2 aromatic carbocycles. The second-order valence-electron chi connectivity index (χ2n) is 8.31. The lowest BCUT2D eigenvalue weighted by Gasteiger charge is -2.11. The molecule has 0 aliphatic carbocycles. The number of rotatable bonds is 5. The predicted octanol–water partition coefficient (Wildman–Crippen LogP) is 4.33. The van der Waals surface area contributed by atoms with Gasteiger partial charge in [0.1, 0.15) is 5.82 Å². The van der Waals surface area contributed by atoms with E-state index < -0.39 is 4.92 Å². The number of carbonyl (C=O) groups is 1. The fourth-order valence-corrected chi connectivity index (χ4v) is 4.10. The van der Waals surface area contributed by atoms with E-state index in [0.29, 0.717) is 11.4 Å². The van der Waals surface area contributed by atoms with Gasteiger partial charge in [-0.05, 0) is 49.6 Å². The molecule has 1 N–H and O–H groups in total. The smallest absolute Gasteiger partial charge is 0.276 e. The van der Waals surface area contributed by atoms with Crippen LogP contribution in [0.5, 0.6) is 0 Å². The van der Waals surface area contributed by atoms with Gasteiger partial charge in [-0.1, -0.05) is 18.6 Å². The van der Waals surface area contributed by atoms with E-state index >= 15 is 0 Å². The van der Waals surface area contributed by atoms with Gasteiger partial charge < -0.3 is 9.88 Å². The Morgan fingerprint density at radius 3 is 2.68 bits per heavy atom. The molecule has 10 heteroatoms. The first-order valence-electron chi connectivity index (χ1n) is 11.1. The van der Waals surface area contributed by atoms with E-state index in [-0.39, 0.29) is 17.3 Å². The molecule has 4 aromatic rings. The Morgan fingerprint density at radius 2 is 1.88 bits per heavy atom. The van der Waals surface area contributed by atoms with Crippen molar-refractivity contribution in [1.29, 1.82) is 0 Å². The molecule has 172 valence electrons. The highest BCUT2D eigenvalue weighted by Gasteiger charge is 2.18. The Morgan fingerprint density at radius 1 is 1.06 bits per heavy atom. The minimum atomic E-state index is -0.459. The van der Waals surface area contributed by atoms with Crippen LogP contribution in [0.15, 0.2) is 54.7 Å². The van der Waals surface area contributed by atoms with Crippen LogP contribution in [0.3, 0.4) is 0 Å². The Kier molecular flexibility index (Phi) is 5.62. The van der Waals surface area contributed by atoms with E-state index in [9.17, 15) is 14.9 Å². The van der Waals surface area contributed by atoms with E-state index in [1.807, 2.05) is 25.1 Å². The standard InChI is InChI=1S/C24H23N7O3/c1-16-6-7-17(23-27-26-22-5-3-2-4-13-29(22)23)15-21(16)25-24(32)20-12-14-30(28-20)18-8-10-19(11-9-18)31(33)34/h6-12,14-15H,2-5,13H2,1H3,(H,25,32). The number of nitro benzene ring substituents is 1. The van der Waals surface area contributed by atoms with Crippen molar-refractivity contribution in [2.75, 3.05) is 5.32 Å². The van der Waals surface area contributed by atoms with Crippen molar-refractivity contribution < 1.29 is 9.72 Å². The largest absolute Gasteiger partial charge is 0.320 e. The zero-order chi connectivity index (χ0) is 23.7. The van der Waals surface area contributed by atoms with Crippen molar-refractivity contribution in [2.45, 2.75) is 39.2 Å². The van der Waals surface area contributed by atoms with E-state index in [4.69, 9.17) is 0 Å². The van der Waals surface area contributed by atoms with Crippen LogP contribution in [0.2, 0.25) is 0 Å². The van der Waals surface area contributed by atoms with E-state index in [0.717, 1.165) is 48.6 Å². The number of carbonyl (C=O) groups excluding carboxylic acids is 1. The van der Waals surface area contributed by atoms with E-state index in [1.54, 1.807) is 24.4 Å². The summed E-state index contributed by atoms with van der Waals surface area (Å²) in [6.07, 6.45) is 5.99.